The van der Waals surface area contributed by atoms with Crippen molar-refractivity contribution in [1.82, 2.24) is 20.6 Å². The molecule has 112 valence electrons. The van der Waals surface area contributed by atoms with Crippen LogP contribution in [-0.2, 0) is 6.42 Å². The Labute approximate surface area is 130 Å². The Morgan fingerprint density at radius 1 is 1.04 bits per heavy atom. The minimum absolute atomic E-state index is 0.00342. The summed E-state index contributed by atoms with van der Waals surface area (Å²) in [6.45, 7) is 0. The summed E-state index contributed by atoms with van der Waals surface area (Å²) in [5, 5.41) is 15.2. The minimum atomic E-state index is 0.00342. The largest absolute Gasteiger partial charge is 0.464 e. The van der Waals surface area contributed by atoms with Gasteiger partial charge in [-0.3, -0.25) is 15.1 Å². The lowest BCUT2D eigenvalue weighted by molar-refractivity contribution is 0.594. The number of hydrogen-bond donors (Lipinski definition) is 0. The standard InChI is InChI=1S/C17H11N4O2/c22-16-13(10-23-15-4-2-1-3-14(15)16)9-11-5-7-12(8-6-11)17-18-20-21-19-17/h1-8,10H,9H2/q-1. The summed E-state index contributed by atoms with van der Waals surface area (Å²) in [6.07, 6.45) is 2.04. The van der Waals surface area contributed by atoms with Crippen molar-refractivity contribution >= 4 is 11.0 Å². The predicted molar refractivity (Wildman–Crippen MR) is 83.9 cm³/mol. The highest BCUT2D eigenvalue weighted by Gasteiger charge is 2.07. The van der Waals surface area contributed by atoms with Crippen LogP contribution in [0, 0.1) is 0 Å². The number of benzene rings is 2. The fourth-order valence-corrected chi connectivity index (χ4v) is 2.49. The molecule has 2 aromatic heterocycles. The second-order valence-corrected chi connectivity index (χ2v) is 5.16. The number of fused-ring (bicyclic) bond motifs is 1. The normalized spacial score (nSPS) is 11.0. The van der Waals surface area contributed by atoms with E-state index in [0.29, 0.717) is 28.8 Å². The van der Waals surface area contributed by atoms with E-state index in [2.05, 4.69) is 20.6 Å². The molecule has 0 saturated carbocycles. The Morgan fingerprint density at radius 2 is 1.87 bits per heavy atom. The first-order valence-electron chi connectivity index (χ1n) is 7.09. The van der Waals surface area contributed by atoms with Crippen molar-refractivity contribution in [2.45, 2.75) is 6.42 Å². The lowest BCUT2D eigenvalue weighted by atomic mass is 10.0. The van der Waals surface area contributed by atoms with Gasteiger partial charge in [0.25, 0.3) is 0 Å². The molecular weight excluding hydrogens is 292 g/mol. The van der Waals surface area contributed by atoms with Crippen LogP contribution in [-0.4, -0.2) is 15.5 Å². The lowest BCUT2D eigenvalue weighted by Crippen LogP contribution is -2.09. The summed E-state index contributed by atoms with van der Waals surface area (Å²) in [5.74, 6) is 0.488. The zero-order valence-corrected chi connectivity index (χ0v) is 12.0. The van der Waals surface area contributed by atoms with Crippen LogP contribution in [0.1, 0.15) is 11.1 Å². The molecule has 6 heteroatoms. The van der Waals surface area contributed by atoms with Crippen molar-refractivity contribution in [2.75, 3.05) is 0 Å². The number of hydrogen-bond acceptors (Lipinski definition) is 5. The Balaban J connectivity index is 1.66. The molecule has 0 unspecified atom stereocenters. The number of para-hydroxylation sites is 1. The van der Waals surface area contributed by atoms with Crippen molar-refractivity contribution in [1.29, 1.82) is 0 Å². The molecule has 6 nitrogen and oxygen atoms in total. The zero-order valence-electron chi connectivity index (χ0n) is 12.0. The molecule has 0 fully saturated rings. The van der Waals surface area contributed by atoms with Crippen LogP contribution in [0.15, 0.2) is 64.0 Å². The molecule has 0 radical (unpaired) electrons. The number of rotatable bonds is 3. The average molecular weight is 303 g/mol. The summed E-state index contributed by atoms with van der Waals surface area (Å²) < 4.78 is 5.54. The Morgan fingerprint density at radius 3 is 2.65 bits per heavy atom. The van der Waals surface area contributed by atoms with Crippen molar-refractivity contribution in [3.63, 3.8) is 0 Å². The van der Waals surface area contributed by atoms with Crippen molar-refractivity contribution < 1.29 is 4.42 Å². The number of aromatic nitrogens is 4. The van der Waals surface area contributed by atoms with Crippen molar-refractivity contribution in [2.24, 2.45) is 0 Å². The summed E-state index contributed by atoms with van der Waals surface area (Å²) in [6, 6.07) is 14.9. The van der Waals surface area contributed by atoms with Gasteiger partial charge < -0.3 is 9.52 Å². The fraction of sp³-hybridized carbons (Fsp3) is 0.0588. The Kier molecular flexibility index (Phi) is 3.20. The fourth-order valence-electron chi connectivity index (χ4n) is 2.49. The van der Waals surface area contributed by atoms with Gasteiger partial charge in [0.2, 0.25) is 0 Å². The van der Waals surface area contributed by atoms with E-state index in [-0.39, 0.29) is 5.43 Å². The van der Waals surface area contributed by atoms with Gasteiger partial charge in [-0.15, -0.1) is 0 Å². The van der Waals surface area contributed by atoms with Crippen LogP contribution in [0.3, 0.4) is 0 Å². The molecule has 0 N–H and O–H groups in total. The predicted octanol–water partition coefficient (Wildman–Crippen LogP) is 2.19. The SMILES string of the molecule is O=c1c(Cc2ccc(-c3nnn[n-]3)cc2)coc2ccccc12. The molecule has 0 amide bonds. The topological polar surface area (TPSA) is 83.0 Å². The van der Waals surface area contributed by atoms with Gasteiger partial charge in [-0.1, -0.05) is 36.4 Å². The first-order chi connectivity index (χ1) is 11.3. The Hall–Kier alpha value is -3.28. The molecule has 2 aromatic carbocycles. The van der Waals surface area contributed by atoms with Crippen LogP contribution < -0.4 is 10.5 Å². The molecule has 23 heavy (non-hydrogen) atoms. The molecule has 0 aliphatic rings. The van der Waals surface area contributed by atoms with E-state index in [1.807, 2.05) is 36.4 Å². The van der Waals surface area contributed by atoms with Crippen LogP contribution in [0.4, 0.5) is 0 Å². The molecule has 0 aliphatic heterocycles. The van der Waals surface area contributed by atoms with E-state index in [1.165, 1.54) is 6.26 Å². The van der Waals surface area contributed by atoms with Crippen LogP contribution in [0.5, 0.6) is 0 Å². The van der Waals surface area contributed by atoms with E-state index in [0.717, 1.165) is 11.1 Å². The molecule has 2 heterocycles. The third-order valence-electron chi connectivity index (χ3n) is 3.68. The average Bonchev–Trinajstić information content (AvgIpc) is 3.13. The quantitative estimate of drug-likeness (QED) is 0.577. The number of nitrogens with zero attached hydrogens (tertiary/aromatic N) is 4. The first-order valence-corrected chi connectivity index (χ1v) is 7.09. The minimum Gasteiger partial charge on any atom is -0.464 e. The van der Waals surface area contributed by atoms with Crippen LogP contribution in [0.2, 0.25) is 0 Å². The molecule has 0 atom stereocenters. The van der Waals surface area contributed by atoms with Crippen LogP contribution >= 0.6 is 0 Å². The summed E-state index contributed by atoms with van der Waals surface area (Å²) in [4.78, 5) is 12.5. The smallest absolute Gasteiger partial charge is 0.196 e. The third-order valence-corrected chi connectivity index (χ3v) is 3.68. The van der Waals surface area contributed by atoms with E-state index < -0.39 is 0 Å². The van der Waals surface area contributed by atoms with Crippen molar-refractivity contribution in [3.05, 3.63) is 76.1 Å². The highest BCUT2D eigenvalue weighted by molar-refractivity contribution is 5.76. The highest BCUT2D eigenvalue weighted by Crippen LogP contribution is 2.16. The number of tetrazole rings is 1. The summed E-state index contributed by atoms with van der Waals surface area (Å²) in [5.41, 5.74) is 3.08. The van der Waals surface area contributed by atoms with Crippen molar-refractivity contribution in [3.8, 4) is 11.4 Å². The van der Waals surface area contributed by atoms with Gasteiger partial charge in [-0.25, -0.2) is 0 Å². The molecule has 4 aromatic rings. The van der Waals surface area contributed by atoms with Gasteiger partial charge in [0.05, 0.1) is 11.6 Å². The monoisotopic (exact) mass is 303 g/mol. The van der Waals surface area contributed by atoms with Crippen LogP contribution in [0.25, 0.3) is 22.4 Å². The highest BCUT2D eigenvalue weighted by atomic mass is 16.3. The molecule has 0 saturated heterocycles. The van der Waals surface area contributed by atoms with E-state index >= 15 is 0 Å². The van der Waals surface area contributed by atoms with E-state index in [9.17, 15) is 4.79 Å². The second-order valence-electron chi connectivity index (χ2n) is 5.16. The van der Waals surface area contributed by atoms with Gasteiger partial charge >= 0.3 is 0 Å². The third kappa shape index (κ3) is 2.50. The maximum Gasteiger partial charge on any atom is 0.196 e. The zero-order chi connectivity index (χ0) is 15.6. The summed E-state index contributed by atoms with van der Waals surface area (Å²) in [7, 11) is 0. The lowest BCUT2D eigenvalue weighted by Gasteiger charge is -2.05. The van der Waals surface area contributed by atoms with E-state index in [1.54, 1.807) is 12.1 Å². The maximum atomic E-state index is 12.5. The van der Waals surface area contributed by atoms with Gasteiger partial charge in [-0.2, -0.15) is 5.21 Å². The second kappa shape index (κ2) is 5.49. The maximum absolute atomic E-state index is 12.5. The summed E-state index contributed by atoms with van der Waals surface area (Å²) >= 11 is 0. The molecular formula is C17H11N4O2-. The van der Waals surface area contributed by atoms with Gasteiger partial charge in [-0.05, 0) is 23.3 Å². The van der Waals surface area contributed by atoms with Gasteiger partial charge in [0.15, 0.2) is 5.43 Å². The first kappa shape index (κ1) is 13.4. The molecule has 0 aliphatic carbocycles. The van der Waals surface area contributed by atoms with E-state index in [4.69, 9.17) is 4.42 Å². The molecule has 0 bridgehead atoms. The molecule has 0 spiro atoms. The van der Waals surface area contributed by atoms with Gasteiger partial charge in [0, 0.05) is 17.8 Å². The Bertz CT molecular complexity index is 1000. The van der Waals surface area contributed by atoms with Gasteiger partial charge in [0.1, 0.15) is 5.58 Å². The molecule has 4 rings (SSSR count).